The van der Waals surface area contributed by atoms with Crippen molar-refractivity contribution in [2.45, 2.75) is 46.1 Å². The molecule has 0 aliphatic rings. The van der Waals surface area contributed by atoms with Crippen LogP contribution in [0.3, 0.4) is 0 Å². The quantitative estimate of drug-likeness (QED) is 0.573. The normalized spacial score (nSPS) is 15.6. The van der Waals surface area contributed by atoms with Crippen LogP contribution in [0.1, 0.15) is 40.5 Å². The van der Waals surface area contributed by atoms with Gasteiger partial charge in [-0.3, -0.25) is 0 Å². The average Bonchev–Trinajstić information content (AvgIpc) is 2.22. The first-order valence-electron chi connectivity index (χ1n) is 6.21. The zero-order valence-corrected chi connectivity index (χ0v) is 10.8. The molecule has 0 saturated heterocycles. The van der Waals surface area contributed by atoms with Gasteiger partial charge in [0.05, 0.1) is 5.60 Å². The SMILES string of the molecule is CCCN(CC)CCNCC(C)(O)CC. The lowest BCUT2D eigenvalue weighted by atomic mass is 10.0. The number of likely N-dealkylation sites (N-methyl/N-ethyl adjacent to an activating group) is 1. The van der Waals surface area contributed by atoms with Crippen LogP contribution < -0.4 is 5.32 Å². The van der Waals surface area contributed by atoms with Crippen LogP contribution in [-0.2, 0) is 0 Å². The summed E-state index contributed by atoms with van der Waals surface area (Å²) in [6.45, 7) is 13.3. The van der Waals surface area contributed by atoms with E-state index in [0.717, 1.165) is 26.1 Å². The van der Waals surface area contributed by atoms with Gasteiger partial charge in [0.15, 0.2) is 0 Å². The number of aliphatic hydroxyl groups is 1. The van der Waals surface area contributed by atoms with Crippen LogP contribution >= 0.6 is 0 Å². The molecule has 0 aliphatic heterocycles. The maximum atomic E-state index is 9.77. The first-order chi connectivity index (χ1) is 7.05. The molecule has 2 N–H and O–H groups in total. The Morgan fingerprint density at radius 3 is 2.33 bits per heavy atom. The second-order valence-electron chi connectivity index (χ2n) is 4.46. The van der Waals surface area contributed by atoms with Crippen molar-refractivity contribution >= 4 is 0 Å². The molecule has 3 nitrogen and oxygen atoms in total. The van der Waals surface area contributed by atoms with Crippen molar-refractivity contribution in [3.63, 3.8) is 0 Å². The summed E-state index contributed by atoms with van der Waals surface area (Å²) >= 11 is 0. The Labute approximate surface area is 94.9 Å². The molecule has 0 fully saturated rings. The van der Waals surface area contributed by atoms with Crippen molar-refractivity contribution in [2.75, 3.05) is 32.7 Å². The Balaban J connectivity index is 3.52. The smallest absolute Gasteiger partial charge is 0.0740 e. The first kappa shape index (κ1) is 14.9. The molecule has 15 heavy (non-hydrogen) atoms. The van der Waals surface area contributed by atoms with Gasteiger partial charge in [-0.05, 0) is 32.9 Å². The molecule has 0 aromatic heterocycles. The Bertz CT molecular complexity index is 149. The van der Waals surface area contributed by atoms with E-state index in [0.29, 0.717) is 6.54 Å². The fourth-order valence-corrected chi connectivity index (χ4v) is 1.46. The van der Waals surface area contributed by atoms with E-state index < -0.39 is 5.60 Å². The van der Waals surface area contributed by atoms with Crippen LogP contribution in [0.5, 0.6) is 0 Å². The molecule has 3 heteroatoms. The number of rotatable bonds is 9. The lowest BCUT2D eigenvalue weighted by molar-refractivity contribution is 0.0553. The van der Waals surface area contributed by atoms with E-state index in [1.165, 1.54) is 13.0 Å². The van der Waals surface area contributed by atoms with Crippen molar-refractivity contribution < 1.29 is 5.11 Å². The van der Waals surface area contributed by atoms with Crippen LogP contribution in [0.15, 0.2) is 0 Å². The van der Waals surface area contributed by atoms with Gasteiger partial charge in [0.25, 0.3) is 0 Å². The second-order valence-corrected chi connectivity index (χ2v) is 4.46. The van der Waals surface area contributed by atoms with E-state index >= 15 is 0 Å². The van der Waals surface area contributed by atoms with Gasteiger partial charge >= 0.3 is 0 Å². The maximum absolute atomic E-state index is 9.77. The molecular weight excluding hydrogens is 188 g/mol. The third kappa shape index (κ3) is 7.77. The number of nitrogens with one attached hydrogen (secondary N) is 1. The van der Waals surface area contributed by atoms with Crippen molar-refractivity contribution in [1.29, 1.82) is 0 Å². The molecule has 0 saturated carbocycles. The standard InChI is InChI=1S/C12H28N2O/c1-5-9-14(7-3)10-8-13-11-12(4,15)6-2/h13,15H,5-11H2,1-4H3. The summed E-state index contributed by atoms with van der Waals surface area (Å²) in [6.07, 6.45) is 2.01. The van der Waals surface area contributed by atoms with Crippen LogP contribution in [-0.4, -0.2) is 48.3 Å². The monoisotopic (exact) mass is 216 g/mol. The summed E-state index contributed by atoms with van der Waals surface area (Å²) in [4.78, 5) is 2.42. The van der Waals surface area contributed by atoms with Gasteiger partial charge in [-0.15, -0.1) is 0 Å². The molecule has 1 unspecified atom stereocenters. The minimum atomic E-state index is -0.554. The molecule has 0 rings (SSSR count). The topological polar surface area (TPSA) is 35.5 Å². The van der Waals surface area contributed by atoms with E-state index in [2.05, 4.69) is 24.1 Å². The summed E-state index contributed by atoms with van der Waals surface area (Å²) in [5.41, 5.74) is -0.554. The summed E-state index contributed by atoms with van der Waals surface area (Å²) in [6, 6.07) is 0. The number of nitrogens with zero attached hydrogens (tertiary/aromatic N) is 1. The van der Waals surface area contributed by atoms with Crippen molar-refractivity contribution in [1.82, 2.24) is 10.2 Å². The maximum Gasteiger partial charge on any atom is 0.0740 e. The molecule has 1 atom stereocenters. The average molecular weight is 216 g/mol. The predicted octanol–water partition coefficient (Wildman–Crippen LogP) is 1.47. The molecular formula is C12H28N2O. The van der Waals surface area contributed by atoms with Gasteiger partial charge in [-0.25, -0.2) is 0 Å². The van der Waals surface area contributed by atoms with E-state index in [9.17, 15) is 5.11 Å². The summed E-state index contributed by atoms with van der Waals surface area (Å²) < 4.78 is 0. The molecule has 92 valence electrons. The van der Waals surface area contributed by atoms with Crippen molar-refractivity contribution in [3.05, 3.63) is 0 Å². The Morgan fingerprint density at radius 1 is 1.20 bits per heavy atom. The molecule has 0 heterocycles. The number of hydrogen-bond donors (Lipinski definition) is 2. The third-order valence-electron chi connectivity index (χ3n) is 2.86. The van der Waals surface area contributed by atoms with E-state index in [-0.39, 0.29) is 0 Å². The van der Waals surface area contributed by atoms with Crippen LogP contribution in [0.4, 0.5) is 0 Å². The zero-order valence-electron chi connectivity index (χ0n) is 10.8. The second kappa shape index (κ2) is 8.08. The summed E-state index contributed by atoms with van der Waals surface area (Å²) in [5, 5.41) is 13.1. The lowest BCUT2D eigenvalue weighted by Gasteiger charge is -2.24. The molecule has 0 aromatic carbocycles. The van der Waals surface area contributed by atoms with Crippen LogP contribution in [0.25, 0.3) is 0 Å². The highest BCUT2D eigenvalue weighted by Gasteiger charge is 2.16. The van der Waals surface area contributed by atoms with E-state index in [1.807, 2.05) is 13.8 Å². The molecule has 0 radical (unpaired) electrons. The van der Waals surface area contributed by atoms with E-state index in [4.69, 9.17) is 0 Å². The predicted molar refractivity (Wildman–Crippen MR) is 66.2 cm³/mol. The molecule has 0 amide bonds. The summed E-state index contributed by atoms with van der Waals surface area (Å²) in [7, 11) is 0. The van der Waals surface area contributed by atoms with Crippen LogP contribution in [0.2, 0.25) is 0 Å². The van der Waals surface area contributed by atoms with Gasteiger partial charge in [0, 0.05) is 19.6 Å². The highest BCUT2D eigenvalue weighted by Crippen LogP contribution is 2.05. The Morgan fingerprint density at radius 2 is 1.87 bits per heavy atom. The Kier molecular flexibility index (Phi) is 8.02. The minimum Gasteiger partial charge on any atom is -0.389 e. The number of hydrogen-bond acceptors (Lipinski definition) is 3. The highest BCUT2D eigenvalue weighted by molar-refractivity contribution is 4.73. The van der Waals surface area contributed by atoms with E-state index in [1.54, 1.807) is 0 Å². The van der Waals surface area contributed by atoms with Gasteiger partial charge in [0.2, 0.25) is 0 Å². The van der Waals surface area contributed by atoms with Gasteiger partial charge in [-0.1, -0.05) is 20.8 Å². The summed E-state index contributed by atoms with van der Waals surface area (Å²) in [5.74, 6) is 0. The molecule has 0 aliphatic carbocycles. The molecule has 0 aromatic rings. The van der Waals surface area contributed by atoms with Gasteiger partial charge in [0.1, 0.15) is 0 Å². The third-order valence-corrected chi connectivity index (χ3v) is 2.86. The van der Waals surface area contributed by atoms with Crippen molar-refractivity contribution in [2.24, 2.45) is 0 Å². The fraction of sp³-hybridized carbons (Fsp3) is 1.00. The lowest BCUT2D eigenvalue weighted by Crippen LogP contribution is -2.40. The van der Waals surface area contributed by atoms with Gasteiger partial charge in [-0.2, -0.15) is 0 Å². The molecule has 0 spiro atoms. The van der Waals surface area contributed by atoms with Crippen molar-refractivity contribution in [3.8, 4) is 0 Å². The Hall–Kier alpha value is -0.120. The highest BCUT2D eigenvalue weighted by atomic mass is 16.3. The fourth-order valence-electron chi connectivity index (χ4n) is 1.46. The first-order valence-corrected chi connectivity index (χ1v) is 6.21. The van der Waals surface area contributed by atoms with Gasteiger partial charge < -0.3 is 15.3 Å². The van der Waals surface area contributed by atoms with Crippen LogP contribution in [0, 0.1) is 0 Å². The minimum absolute atomic E-state index is 0.554. The molecule has 0 bridgehead atoms. The largest absolute Gasteiger partial charge is 0.389 e. The zero-order chi connectivity index (χ0) is 11.7.